The summed E-state index contributed by atoms with van der Waals surface area (Å²) >= 11 is 0. The van der Waals surface area contributed by atoms with Crippen LogP contribution in [0.4, 0.5) is 0 Å². The van der Waals surface area contributed by atoms with Gasteiger partial charge >= 0.3 is 5.97 Å². The van der Waals surface area contributed by atoms with Crippen LogP contribution in [0, 0.1) is 11.8 Å². The number of hydrogen-bond acceptors (Lipinski definition) is 5. The molecule has 29 heavy (non-hydrogen) atoms. The fraction of sp³-hybridized carbons (Fsp3) is 0.478. The van der Waals surface area contributed by atoms with E-state index >= 15 is 0 Å². The highest BCUT2D eigenvalue weighted by molar-refractivity contribution is 5.84. The Morgan fingerprint density at radius 2 is 2.03 bits per heavy atom. The summed E-state index contributed by atoms with van der Waals surface area (Å²) in [6.45, 7) is 0. The molecule has 1 heterocycles. The normalized spacial score (nSPS) is 27.4. The molecule has 1 aliphatic carbocycles. The lowest BCUT2D eigenvalue weighted by Gasteiger charge is -2.18. The highest BCUT2D eigenvalue weighted by Gasteiger charge is 2.39. The quantitative estimate of drug-likeness (QED) is 0.435. The summed E-state index contributed by atoms with van der Waals surface area (Å²) in [5.41, 5.74) is 1.06. The maximum Gasteiger partial charge on any atom is 0.303 e. The Morgan fingerprint density at radius 3 is 2.79 bits per heavy atom. The lowest BCUT2D eigenvalue weighted by atomic mass is 9.90. The number of ketones is 1. The fourth-order valence-electron chi connectivity index (χ4n) is 4.02. The number of para-hydroxylation sites is 1. The average molecular weight is 400 g/mol. The number of ether oxygens (including phenoxy) is 1. The maximum absolute atomic E-state index is 12.3. The van der Waals surface area contributed by atoms with Gasteiger partial charge in [-0.25, -0.2) is 0 Å². The van der Waals surface area contributed by atoms with E-state index in [-0.39, 0.29) is 36.6 Å². The first-order valence-electron chi connectivity index (χ1n) is 10.1. The van der Waals surface area contributed by atoms with E-state index in [1.807, 2.05) is 36.4 Å². The molecular formula is C23H28O6. The largest absolute Gasteiger partial charge is 0.487 e. The van der Waals surface area contributed by atoms with Crippen LogP contribution in [0.1, 0.15) is 37.7 Å². The zero-order valence-electron chi connectivity index (χ0n) is 16.3. The Morgan fingerprint density at radius 1 is 1.24 bits per heavy atom. The van der Waals surface area contributed by atoms with Crippen LogP contribution in [-0.4, -0.2) is 45.4 Å². The standard InChI is InChI=1S/C23H28O6/c24-18(22-13-15-7-5-6-9-21(15)29-22)12-11-17-16(19(25)14-20(17)26)8-3-1-2-4-10-23(27)28/h1,3,5-7,9,11-12,16-18,20,22,24,26H,2,4,8,10,13-14H2,(H,27,28)/b3-1-,12-11+/t16-,17?,18-,20-,22-/m1/s1. The van der Waals surface area contributed by atoms with E-state index < -0.39 is 18.2 Å². The number of rotatable bonds is 9. The maximum atomic E-state index is 12.3. The number of carboxylic acid groups (broad SMARTS) is 1. The number of fused-ring (bicyclic) bond motifs is 1. The van der Waals surface area contributed by atoms with Gasteiger partial charge in [-0.1, -0.05) is 42.5 Å². The van der Waals surface area contributed by atoms with Crippen molar-refractivity contribution >= 4 is 11.8 Å². The van der Waals surface area contributed by atoms with Crippen LogP contribution in [0.5, 0.6) is 5.75 Å². The van der Waals surface area contributed by atoms with Crippen molar-refractivity contribution in [2.24, 2.45) is 11.8 Å². The molecule has 0 aromatic heterocycles. The highest BCUT2D eigenvalue weighted by Crippen LogP contribution is 2.34. The molecule has 0 bridgehead atoms. The van der Waals surface area contributed by atoms with Gasteiger partial charge in [0.1, 0.15) is 23.7 Å². The number of allylic oxidation sites excluding steroid dienone is 2. The third-order valence-corrected chi connectivity index (χ3v) is 5.63. The Bertz CT molecular complexity index is 758. The number of carbonyl (C=O) groups excluding carboxylic acids is 1. The van der Waals surface area contributed by atoms with Gasteiger partial charge in [-0.05, 0) is 30.9 Å². The summed E-state index contributed by atoms with van der Waals surface area (Å²) in [6, 6.07) is 7.69. The van der Waals surface area contributed by atoms with E-state index in [2.05, 4.69) is 0 Å². The molecule has 1 unspecified atom stereocenters. The van der Waals surface area contributed by atoms with Crippen molar-refractivity contribution in [1.82, 2.24) is 0 Å². The summed E-state index contributed by atoms with van der Waals surface area (Å²) < 4.78 is 5.79. The first-order valence-corrected chi connectivity index (χ1v) is 10.1. The third-order valence-electron chi connectivity index (χ3n) is 5.63. The van der Waals surface area contributed by atoms with Crippen LogP contribution in [-0.2, 0) is 16.0 Å². The van der Waals surface area contributed by atoms with Crippen molar-refractivity contribution in [2.45, 2.75) is 56.8 Å². The molecule has 6 nitrogen and oxygen atoms in total. The first-order chi connectivity index (χ1) is 14.0. The number of aliphatic carboxylic acids is 1. The molecule has 1 aromatic rings. The Kier molecular flexibility index (Phi) is 7.23. The molecule has 5 atom stereocenters. The number of benzene rings is 1. The molecule has 0 radical (unpaired) electrons. The van der Waals surface area contributed by atoms with Crippen molar-refractivity contribution in [3.8, 4) is 5.75 Å². The fourth-order valence-corrected chi connectivity index (χ4v) is 4.02. The number of unbranched alkanes of at least 4 members (excludes halogenated alkanes) is 1. The Balaban J connectivity index is 1.54. The number of carbonyl (C=O) groups is 2. The van der Waals surface area contributed by atoms with Gasteiger partial charge < -0.3 is 20.1 Å². The summed E-state index contributed by atoms with van der Waals surface area (Å²) in [7, 11) is 0. The number of aliphatic hydroxyl groups is 2. The van der Waals surface area contributed by atoms with Gasteiger partial charge in [0.25, 0.3) is 0 Å². The zero-order chi connectivity index (χ0) is 20.8. The molecule has 3 rings (SSSR count). The minimum absolute atomic E-state index is 0.0151. The second-order valence-electron chi connectivity index (χ2n) is 7.76. The topological polar surface area (TPSA) is 104 Å². The molecule has 1 aliphatic heterocycles. The molecule has 3 N–H and O–H groups in total. The van der Waals surface area contributed by atoms with E-state index in [1.54, 1.807) is 12.2 Å². The molecule has 156 valence electrons. The van der Waals surface area contributed by atoms with Crippen LogP contribution in [0.3, 0.4) is 0 Å². The second kappa shape index (κ2) is 9.85. The number of carboxylic acids is 1. The van der Waals surface area contributed by atoms with Gasteiger partial charge in [0, 0.05) is 31.1 Å². The third kappa shape index (κ3) is 5.55. The number of aliphatic hydroxyl groups excluding tert-OH is 2. The van der Waals surface area contributed by atoms with Gasteiger partial charge in [0.05, 0.1) is 6.10 Å². The van der Waals surface area contributed by atoms with Gasteiger partial charge in [-0.3, -0.25) is 9.59 Å². The van der Waals surface area contributed by atoms with Crippen LogP contribution < -0.4 is 4.74 Å². The minimum Gasteiger partial charge on any atom is -0.487 e. The van der Waals surface area contributed by atoms with Crippen molar-refractivity contribution in [1.29, 1.82) is 0 Å². The molecule has 2 aliphatic rings. The van der Waals surface area contributed by atoms with Gasteiger partial charge in [-0.2, -0.15) is 0 Å². The van der Waals surface area contributed by atoms with E-state index in [9.17, 15) is 19.8 Å². The second-order valence-corrected chi connectivity index (χ2v) is 7.76. The molecule has 0 amide bonds. The van der Waals surface area contributed by atoms with E-state index in [4.69, 9.17) is 9.84 Å². The summed E-state index contributed by atoms with van der Waals surface area (Å²) in [4.78, 5) is 22.8. The van der Waals surface area contributed by atoms with Crippen LogP contribution in [0.25, 0.3) is 0 Å². The molecule has 1 fully saturated rings. The van der Waals surface area contributed by atoms with Crippen LogP contribution in [0.15, 0.2) is 48.6 Å². The zero-order valence-corrected chi connectivity index (χ0v) is 16.3. The Hall–Kier alpha value is -2.44. The van der Waals surface area contributed by atoms with E-state index in [1.165, 1.54) is 0 Å². The van der Waals surface area contributed by atoms with Crippen molar-refractivity contribution in [2.75, 3.05) is 0 Å². The highest BCUT2D eigenvalue weighted by atomic mass is 16.5. The lowest BCUT2D eigenvalue weighted by Crippen LogP contribution is -2.29. The predicted octanol–water partition coefficient (Wildman–Crippen LogP) is 2.67. The van der Waals surface area contributed by atoms with E-state index in [0.29, 0.717) is 25.7 Å². The van der Waals surface area contributed by atoms with Crippen molar-refractivity contribution in [3.05, 3.63) is 54.1 Å². The minimum atomic E-state index is -0.822. The molecular weight excluding hydrogens is 372 g/mol. The smallest absolute Gasteiger partial charge is 0.303 e. The Labute approximate surface area is 170 Å². The van der Waals surface area contributed by atoms with Gasteiger partial charge in [0.2, 0.25) is 0 Å². The van der Waals surface area contributed by atoms with E-state index in [0.717, 1.165) is 11.3 Å². The average Bonchev–Trinajstić information content (AvgIpc) is 3.23. The molecule has 0 saturated heterocycles. The molecule has 1 saturated carbocycles. The first kappa shape index (κ1) is 21.3. The predicted molar refractivity (Wildman–Crippen MR) is 108 cm³/mol. The SMILES string of the molecule is O=C(O)CCC/C=C\C[C@H]1C(=O)C[C@@H](O)C1/C=C/[C@@H](O)[C@H]1Cc2ccccc2O1. The number of hydrogen-bond donors (Lipinski definition) is 3. The van der Waals surface area contributed by atoms with Gasteiger partial charge in [-0.15, -0.1) is 0 Å². The van der Waals surface area contributed by atoms with Crippen molar-refractivity contribution in [3.63, 3.8) is 0 Å². The lowest BCUT2D eigenvalue weighted by molar-refractivity contribution is -0.137. The van der Waals surface area contributed by atoms with Crippen LogP contribution in [0.2, 0.25) is 0 Å². The molecule has 0 spiro atoms. The summed E-state index contributed by atoms with van der Waals surface area (Å²) in [5, 5.41) is 29.4. The monoisotopic (exact) mass is 400 g/mol. The van der Waals surface area contributed by atoms with Crippen molar-refractivity contribution < 1.29 is 29.6 Å². The molecule has 6 heteroatoms. The summed E-state index contributed by atoms with van der Waals surface area (Å²) in [5.74, 6) is -0.686. The van der Waals surface area contributed by atoms with Gasteiger partial charge in [0.15, 0.2) is 0 Å². The summed E-state index contributed by atoms with van der Waals surface area (Å²) in [6.07, 6.45) is 7.78. The number of Topliss-reactive ketones (excluding diaryl/α,β-unsaturated/α-hetero) is 1. The van der Waals surface area contributed by atoms with Crippen LogP contribution >= 0.6 is 0 Å². The molecule has 1 aromatic carbocycles.